The third-order valence-electron chi connectivity index (χ3n) is 6.64. The predicted molar refractivity (Wildman–Crippen MR) is 145 cm³/mol. The fourth-order valence-corrected chi connectivity index (χ4v) is 4.82. The van der Waals surface area contributed by atoms with Crippen molar-refractivity contribution in [3.05, 3.63) is 95.6 Å². The Hall–Kier alpha value is -4.17. The molecule has 2 amide bonds. The zero-order chi connectivity index (χ0) is 26.9. The topological polar surface area (TPSA) is 108 Å². The summed E-state index contributed by atoms with van der Waals surface area (Å²) >= 11 is 0. The van der Waals surface area contributed by atoms with Crippen LogP contribution in [0.1, 0.15) is 35.4 Å². The summed E-state index contributed by atoms with van der Waals surface area (Å²) in [5.74, 6) is -1.87. The predicted octanol–water partition coefficient (Wildman–Crippen LogP) is 4.01. The normalized spacial score (nSPS) is 12.9. The fraction of sp³-hybridized carbons (Fsp3) is 0.300. The molecule has 4 rings (SSSR count). The maximum Gasteiger partial charge on any atom is 0.407 e. The van der Waals surface area contributed by atoms with Crippen LogP contribution in [0.5, 0.6) is 0 Å². The van der Waals surface area contributed by atoms with Crippen molar-refractivity contribution in [3.63, 3.8) is 0 Å². The molecule has 3 N–H and O–H groups in total. The first-order chi connectivity index (χ1) is 18.4. The van der Waals surface area contributed by atoms with Crippen molar-refractivity contribution in [1.29, 1.82) is 0 Å². The number of carboxylic acid groups (broad SMARTS) is 1. The van der Waals surface area contributed by atoms with Gasteiger partial charge >= 0.3 is 12.1 Å². The molecule has 1 unspecified atom stereocenters. The van der Waals surface area contributed by atoms with E-state index < -0.39 is 30.4 Å². The summed E-state index contributed by atoms with van der Waals surface area (Å²) in [6.07, 6.45) is -0.681. The van der Waals surface area contributed by atoms with Gasteiger partial charge < -0.3 is 25.4 Å². The molecule has 1 aliphatic carbocycles. The van der Waals surface area contributed by atoms with Gasteiger partial charge in [-0.1, -0.05) is 78.9 Å². The third-order valence-corrected chi connectivity index (χ3v) is 6.64. The maximum atomic E-state index is 12.7. The lowest BCUT2D eigenvalue weighted by atomic mass is 9.98. The Balaban J connectivity index is 1.26. The molecule has 0 spiro atoms. The second-order valence-electron chi connectivity index (χ2n) is 9.49. The summed E-state index contributed by atoms with van der Waals surface area (Å²) in [5.41, 5.74) is 5.55. The molecule has 3 aromatic rings. The molecule has 3 aromatic carbocycles. The summed E-state index contributed by atoms with van der Waals surface area (Å²) in [5, 5.41) is 14.4. The lowest BCUT2D eigenvalue weighted by molar-refractivity contribution is -0.139. The average Bonchev–Trinajstić information content (AvgIpc) is 3.23. The SMILES string of the molecule is CN(CCCNC(=O)C(CC(=O)O)NC(=O)OCC1c2ccccc2-c2ccccc21)Cc1ccccc1. The van der Waals surface area contributed by atoms with Crippen LogP contribution in [0.4, 0.5) is 4.79 Å². The lowest BCUT2D eigenvalue weighted by Crippen LogP contribution is -2.48. The zero-order valence-electron chi connectivity index (χ0n) is 21.4. The van der Waals surface area contributed by atoms with E-state index in [1.807, 2.05) is 73.8 Å². The first-order valence-electron chi connectivity index (χ1n) is 12.8. The van der Waals surface area contributed by atoms with E-state index in [9.17, 15) is 19.5 Å². The number of ether oxygens (including phenoxy) is 1. The summed E-state index contributed by atoms with van der Waals surface area (Å²) in [7, 11) is 2.00. The van der Waals surface area contributed by atoms with Crippen LogP contribution in [0, 0.1) is 0 Å². The van der Waals surface area contributed by atoms with E-state index in [0.29, 0.717) is 13.0 Å². The standard InChI is InChI=1S/C30H33N3O5/c1-33(19-21-10-3-2-4-11-21)17-9-16-31-29(36)27(18-28(34)35)32-30(37)38-20-26-24-14-7-5-12-22(24)23-13-6-8-15-25(23)26/h2-8,10-15,26-27H,9,16-20H2,1H3,(H,31,36)(H,32,37)(H,34,35). The minimum atomic E-state index is -1.23. The molecule has 0 radical (unpaired) electrons. The van der Waals surface area contributed by atoms with Crippen molar-refractivity contribution >= 4 is 18.0 Å². The van der Waals surface area contributed by atoms with Crippen LogP contribution >= 0.6 is 0 Å². The number of amides is 2. The van der Waals surface area contributed by atoms with Gasteiger partial charge in [0.25, 0.3) is 0 Å². The molecule has 38 heavy (non-hydrogen) atoms. The number of hydrogen-bond acceptors (Lipinski definition) is 5. The number of nitrogens with one attached hydrogen (secondary N) is 2. The summed E-state index contributed by atoms with van der Waals surface area (Å²) in [4.78, 5) is 38.8. The van der Waals surface area contributed by atoms with Crippen LogP contribution in [-0.4, -0.2) is 60.8 Å². The van der Waals surface area contributed by atoms with Crippen molar-refractivity contribution in [1.82, 2.24) is 15.5 Å². The first-order valence-corrected chi connectivity index (χ1v) is 12.8. The molecule has 1 aliphatic rings. The fourth-order valence-electron chi connectivity index (χ4n) is 4.82. The van der Waals surface area contributed by atoms with Crippen molar-refractivity contribution in [3.8, 4) is 11.1 Å². The van der Waals surface area contributed by atoms with E-state index in [4.69, 9.17) is 4.74 Å². The number of benzene rings is 3. The van der Waals surface area contributed by atoms with Crippen LogP contribution < -0.4 is 10.6 Å². The van der Waals surface area contributed by atoms with Crippen LogP contribution in [0.15, 0.2) is 78.9 Å². The van der Waals surface area contributed by atoms with Crippen molar-refractivity contribution in [2.24, 2.45) is 0 Å². The van der Waals surface area contributed by atoms with Crippen LogP contribution in [0.2, 0.25) is 0 Å². The van der Waals surface area contributed by atoms with E-state index in [2.05, 4.69) is 27.7 Å². The van der Waals surface area contributed by atoms with Gasteiger partial charge in [0.15, 0.2) is 0 Å². The van der Waals surface area contributed by atoms with Gasteiger partial charge in [-0.05, 0) is 47.8 Å². The van der Waals surface area contributed by atoms with Crippen molar-refractivity contribution < 1.29 is 24.2 Å². The van der Waals surface area contributed by atoms with Gasteiger partial charge in [-0.15, -0.1) is 0 Å². The van der Waals surface area contributed by atoms with E-state index in [1.165, 1.54) is 5.56 Å². The van der Waals surface area contributed by atoms with Gasteiger partial charge in [0.1, 0.15) is 12.6 Å². The lowest BCUT2D eigenvalue weighted by Gasteiger charge is -2.19. The number of fused-ring (bicyclic) bond motifs is 3. The van der Waals surface area contributed by atoms with Crippen molar-refractivity contribution in [2.45, 2.75) is 31.3 Å². The Morgan fingerprint density at radius 3 is 2.16 bits per heavy atom. The number of carboxylic acids is 1. The Labute approximate surface area is 222 Å². The molecule has 0 fully saturated rings. The smallest absolute Gasteiger partial charge is 0.407 e. The molecule has 1 atom stereocenters. The van der Waals surface area contributed by atoms with Gasteiger partial charge in [0, 0.05) is 19.0 Å². The summed E-state index contributed by atoms with van der Waals surface area (Å²) in [6, 6.07) is 24.8. The second kappa shape index (κ2) is 12.9. The van der Waals surface area contributed by atoms with Gasteiger partial charge in [-0.2, -0.15) is 0 Å². The monoisotopic (exact) mass is 515 g/mol. The Morgan fingerprint density at radius 2 is 1.53 bits per heavy atom. The number of rotatable bonds is 12. The largest absolute Gasteiger partial charge is 0.481 e. The minimum absolute atomic E-state index is 0.0784. The van der Waals surface area contributed by atoms with Crippen molar-refractivity contribution in [2.75, 3.05) is 26.7 Å². The molecule has 0 heterocycles. The number of carbonyl (C=O) groups is 3. The average molecular weight is 516 g/mol. The van der Waals surface area contributed by atoms with Gasteiger partial charge in [-0.25, -0.2) is 4.79 Å². The molecule has 8 heteroatoms. The quantitative estimate of drug-likeness (QED) is 0.315. The molecular formula is C30H33N3O5. The number of carbonyl (C=O) groups excluding carboxylic acids is 2. The van der Waals surface area contributed by atoms with Crippen LogP contribution in [0.3, 0.4) is 0 Å². The Morgan fingerprint density at radius 1 is 0.921 bits per heavy atom. The number of aliphatic carboxylic acids is 1. The van der Waals surface area contributed by atoms with Gasteiger partial charge in [0.2, 0.25) is 5.91 Å². The molecule has 0 saturated carbocycles. The van der Waals surface area contributed by atoms with E-state index >= 15 is 0 Å². The molecule has 0 aromatic heterocycles. The highest BCUT2D eigenvalue weighted by Gasteiger charge is 2.30. The van der Waals surface area contributed by atoms with E-state index in [1.54, 1.807) is 0 Å². The minimum Gasteiger partial charge on any atom is -0.481 e. The molecule has 0 bridgehead atoms. The second-order valence-corrected chi connectivity index (χ2v) is 9.49. The van der Waals surface area contributed by atoms with Gasteiger partial charge in [-0.3, -0.25) is 9.59 Å². The molecular weight excluding hydrogens is 482 g/mol. The highest BCUT2D eigenvalue weighted by atomic mass is 16.5. The third kappa shape index (κ3) is 6.98. The Kier molecular flexibility index (Phi) is 9.11. The highest BCUT2D eigenvalue weighted by Crippen LogP contribution is 2.44. The summed E-state index contributed by atoms with van der Waals surface area (Å²) in [6.45, 7) is 1.98. The zero-order valence-corrected chi connectivity index (χ0v) is 21.4. The molecule has 8 nitrogen and oxygen atoms in total. The maximum absolute atomic E-state index is 12.7. The number of hydrogen-bond donors (Lipinski definition) is 3. The van der Waals surface area contributed by atoms with Crippen LogP contribution in [0.25, 0.3) is 11.1 Å². The highest BCUT2D eigenvalue weighted by molar-refractivity contribution is 5.89. The first kappa shape index (κ1) is 26.9. The van der Waals surface area contributed by atoms with Gasteiger partial charge in [0.05, 0.1) is 6.42 Å². The van der Waals surface area contributed by atoms with Crippen LogP contribution in [-0.2, 0) is 20.9 Å². The Bertz CT molecular complexity index is 1220. The molecule has 198 valence electrons. The summed E-state index contributed by atoms with van der Waals surface area (Å²) < 4.78 is 5.49. The number of alkyl carbamates (subject to hydrolysis) is 1. The van der Waals surface area contributed by atoms with E-state index in [-0.39, 0.29) is 12.5 Å². The number of nitrogens with zero attached hydrogens (tertiary/aromatic N) is 1. The molecule has 0 aliphatic heterocycles. The molecule has 0 saturated heterocycles. The van der Waals surface area contributed by atoms with E-state index in [0.717, 1.165) is 35.3 Å².